The van der Waals surface area contributed by atoms with Gasteiger partial charge in [0.05, 0.1) is 28.1 Å². The van der Waals surface area contributed by atoms with Crippen LogP contribution in [-0.4, -0.2) is 26.1 Å². The Hall–Kier alpha value is -1.14. The van der Waals surface area contributed by atoms with Crippen molar-refractivity contribution in [2.75, 3.05) is 6.54 Å². The second-order valence-corrected chi connectivity index (χ2v) is 5.24. The highest BCUT2D eigenvalue weighted by atomic mass is 79.9. The fourth-order valence-electron chi connectivity index (χ4n) is 2.04. The number of nitrogens with zero attached hydrogens (tertiary/aromatic N) is 4. The number of halogens is 1. The average Bonchev–Trinajstić information content (AvgIpc) is 2.95. The van der Waals surface area contributed by atoms with Crippen molar-refractivity contribution < 1.29 is 0 Å². The highest BCUT2D eigenvalue weighted by Gasteiger charge is 2.14. The Balaban J connectivity index is 2.21. The SMILES string of the molecule is CCNCc1ccnn1Cc1c(Br)c(CC)nn1C. The van der Waals surface area contributed by atoms with Crippen LogP contribution in [0.3, 0.4) is 0 Å². The highest BCUT2D eigenvalue weighted by Crippen LogP contribution is 2.22. The molecule has 0 saturated carbocycles. The van der Waals surface area contributed by atoms with Gasteiger partial charge in [-0.2, -0.15) is 10.2 Å². The van der Waals surface area contributed by atoms with E-state index in [1.54, 1.807) is 0 Å². The summed E-state index contributed by atoms with van der Waals surface area (Å²) >= 11 is 3.65. The Morgan fingerprint density at radius 1 is 1.37 bits per heavy atom. The summed E-state index contributed by atoms with van der Waals surface area (Å²) in [6.07, 6.45) is 2.77. The summed E-state index contributed by atoms with van der Waals surface area (Å²) in [4.78, 5) is 0. The van der Waals surface area contributed by atoms with E-state index in [-0.39, 0.29) is 0 Å². The van der Waals surface area contributed by atoms with E-state index < -0.39 is 0 Å². The molecule has 0 aromatic carbocycles. The first-order valence-electron chi connectivity index (χ1n) is 6.59. The highest BCUT2D eigenvalue weighted by molar-refractivity contribution is 9.10. The minimum Gasteiger partial charge on any atom is -0.311 e. The van der Waals surface area contributed by atoms with Gasteiger partial charge in [-0.25, -0.2) is 0 Å². The van der Waals surface area contributed by atoms with Gasteiger partial charge in [-0.3, -0.25) is 9.36 Å². The maximum absolute atomic E-state index is 4.51. The molecule has 6 heteroatoms. The summed E-state index contributed by atoms with van der Waals surface area (Å²) in [7, 11) is 1.98. The van der Waals surface area contributed by atoms with Gasteiger partial charge >= 0.3 is 0 Å². The second kappa shape index (κ2) is 6.34. The maximum atomic E-state index is 4.51. The van der Waals surface area contributed by atoms with E-state index in [1.165, 1.54) is 5.69 Å². The zero-order chi connectivity index (χ0) is 13.8. The quantitative estimate of drug-likeness (QED) is 0.884. The molecule has 1 N–H and O–H groups in total. The van der Waals surface area contributed by atoms with Crippen molar-refractivity contribution in [2.45, 2.75) is 33.4 Å². The molecule has 19 heavy (non-hydrogen) atoms. The second-order valence-electron chi connectivity index (χ2n) is 4.45. The maximum Gasteiger partial charge on any atom is 0.0843 e. The van der Waals surface area contributed by atoms with Crippen molar-refractivity contribution in [2.24, 2.45) is 7.05 Å². The van der Waals surface area contributed by atoms with E-state index in [2.05, 4.69) is 45.3 Å². The summed E-state index contributed by atoms with van der Waals surface area (Å²) in [6.45, 7) is 6.75. The molecule has 104 valence electrons. The number of nitrogens with one attached hydrogen (secondary N) is 1. The molecule has 0 fully saturated rings. The van der Waals surface area contributed by atoms with Gasteiger partial charge in [0, 0.05) is 19.8 Å². The molecule has 0 bridgehead atoms. The molecule has 0 aliphatic rings. The first-order chi connectivity index (χ1) is 9.17. The lowest BCUT2D eigenvalue weighted by molar-refractivity contribution is 0.574. The van der Waals surface area contributed by atoms with Crippen LogP contribution in [0.1, 0.15) is 30.9 Å². The molecule has 0 atom stereocenters. The van der Waals surface area contributed by atoms with E-state index in [0.717, 1.165) is 41.9 Å². The monoisotopic (exact) mass is 325 g/mol. The van der Waals surface area contributed by atoms with Crippen LogP contribution >= 0.6 is 15.9 Å². The minimum absolute atomic E-state index is 0.734. The van der Waals surface area contributed by atoms with Gasteiger partial charge < -0.3 is 5.32 Å². The largest absolute Gasteiger partial charge is 0.311 e. The Bertz CT molecular complexity index is 543. The van der Waals surface area contributed by atoms with Crippen molar-refractivity contribution in [1.82, 2.24) is 24.9 Å². The predicted octanol–water partition coefficient (Wildman–Crippen LogP) is 2.10. The molecule has 5 nitrogen and oxygen atoms in total. The Kier molecular flexibility index (Phi) is 4.76. The van der Waals surface area contributed by atoms with E-state index in [4.69, 9.17) is 0 Å². The van der Waals surface area contributed by atoms with Crippen molar-refractivity contribution in [3.8, 4) is 0 Å². The van der Waals surface area contributed by atoms with Crippen LogP contribution in [0.2, 0.25) is 0 Å². The molecule has 0 saturated heterocycles. The third kappa shape index (κ3) is 3.06. The van der Waals surface area contributed by atoms with Crippen LogP contribution in [0.4, 0.5) is 0 Å². The Morgan fingerprint density at radius 2 is 2.16 bits per heavy atom. The standard InChI is InChI=1S/C13H20BrN5/c1-4-11-13(14)12(18(3)17-11)9-19-10(6-7-16-19)8-15-5-2/h6-7,15H,4-5,8-9H2,1-3H3. The summed E-state index contributed by atoms with van der Waals surface area (Å²) in [5.41, 5.74) is 3.43. The number of rotatable bonds is 6. The van der Waals surface area contributed by atoms with Crippen molar-refractivity contribution in [3.63, 3.8) is 0 Å². The fraction of sp³-hybridized carbons (Fsp3) is 0.538. The summed E-state index contributed by atoms with van der Waals surface area (Å²) < 4.78 is 5.05. The lowest BCUT2D eigenvalue weighted by Gasteiger charge is -2.08. The van der Waals surface area contributed by atoms with Crippen LogP contribution in [0.5, 0.6) is 0 Å². The van der Waals surface area contributed by atoms with Gasteiger partial charge in [-0.1, -0.05) is 13.8 Å². The fourth-order valence-corrected chi connectivity index (χ4v) is 2.78. The molecule has 2 aromatic heterocycles. The van der Waals surface area contributed by atoms with Gasteiger partial charge in [0.25, 0.3) is 0 Å². The molecule has 0 unspecified atom stereocenters. The zero-order valence-electron chi connectivity index (χ0n) is 11.6. The first-order valence-corrected chi connectivity index (χ1v) is 7.38. The lowest BCUT2D eigenvalue weighted by atomic mass is 10.3. The van der Waals surface area contributed by atoms with Crippen LogP contribution in [0.25, 0.3) is 0 Å². The number of hydrogen-bond acceptors (Lipinski definition) is 3. The molecule has 0 spiro atoms. The van der Waals surface area contributed by atoms with E-state index in [9.17, 15) is 0 Å². The minimum atomic E-state index is 0.734. The Morgan fingerprint density at radius 3 is 2.79 bits per heavy atom. The van der Waals surface area contributed by atoms with E-state index in [1.807, 2.05) is 28.7 Å². The third-order valence-electron chi connectivity index (χ3n) is 3.16. The first kappa shape index (κ1) is 14.3. The molecule has 0 aliphatic heterocycles. The number of hydrogen-bond donors (Lipinski definition) is 1. The molecular formula is C13H20BrN5. The van der Waals surface area contributed by atoms with Crippen molar-refractivity contribution in [3.05, 3.63) is 33.8 Å². The smallest absolute Gasteiger partial charge is 0.0843 e. The van der Waals surface area contributed by atoms with Crippen molar-refractivity contribution in [1.29, 1.82) is 0 Å². The Labute approximate surface area is 122 Å². The summed E-state index contributed by atoms with van der Waals surface area (Å²) in [5.74, 6) is 0. The van der Waals surface area contributed by atoms with Gasteiger partial charge in [-0.15, -0.1) is 0 Å². The zero-order valence-corrected chi connectivity index (χ0v) is 13.2. The summed E-state index contributed by atoms with van der Waals surface area (Å²) in [5, 5.41) is 12.2. The van der Waals surface area contributed by atoms with Crippen molar-refractivity contribution >= 4 is 15.9 Å². The van der Waals surface area contributed by atoms with Gasteiger partial charge in [0.2, 0.25) is 0 Å². The van der Waals surface area contributed by atoms with E-state index >= 15 is 0 Å². The van der Waals surface area contributed by atoms with Crippen LogP contribution in [-0.2, 0) is 26.6 Å². The van der Waals surface area contributed by atoms with Gasteiger partial charge in [0.15, 0.2) is 0 Å². The average molecular weight is 326 g/mol. The van der Waals surface area contributed by atoms with Gasteiger partial charge in [0.1, 0.15) is 0 Å². The molecule has 2 aromatic rings. The van der Waals surface area contributed by atoms with Gasteiger partial charge in [-0.05, 0) is 35.0 Å². The molecule has 2 rings (SSSR count). The molecule has 0 amide bonds. The molecule has 2 heterocycles. The lowest BCUT2D eigenvalue weighted by Crippen LogP contribution is -2.17. The normalized spacial score (nSPS) is 11.2. The number of aryl methyl sites for hydroxylation is 2. The van der Waals surface area contributed by atoms with E-state index in [0.29, 0.717) is 0 Å². The van der Waals surface area contributed by atoms with Crippen LogP contribution < -0.4 is 5.32 Å². The molecular weight excluding hydrogens is 306 g/mol. The van der Waals surface area contributed by atoms with Crippen LogP contribution in [0, 0.1) is 0 Å². The molecule has 0 radical (unpaired) electrons. The number of aromatic nitrogens is 4. The topological polar surface area (TPSA) is 47.7 Å². The predicted molar refractivity (Wildman–Crippen MR) is 79.0 cm³/mol. The summed E-state index contributed by atoms with van der Waals surface area (Å²) in [6, 6.07) is 2.05. The molecule has 0 aliphatic carbocycles. The third-order valence-corrected chi connectivity index (χ3v) is 4.08. The van der Waals surface area contributed by atoms with Crippen LogP contribution in [0.15, 0.2) is 16.7 Å².